The van der Waals surface area contributed by atoms with Crippen LogP contribution in [0.3, 0.4) is 0 Å². The molecule has 0 radical (unpaired) electrons. The normalized spacial score (nSPS) is 30.1. The summed E-state index contributed by atoms with van der Waals surface area (Å²) in [4.78, 5) is 11.4. The van der Waals surface area contributed by atoms with Crippen molar-refractivity contribution < 1.29 is 9.53 Å². The fourth-order valence-electron chi connectivity index (χ4n) is 2.78. The van der Waals surface area contributed by atoms with Crippen LogP contribution in [0.2, 0.25) is 0 Å². The maximum atomic E-state index is 11.4. The molecule has 0 aromatic rings. The van der Waals surface area contributed by atoms with E-state index in [2.05, 4.69) is 19.2 Å². The van der Waals surface area contributed by atoms with E-state index in [-0.39, 0.29) is 11.5 Å². The van der Waals surface area contributed by atoms with Crippen molar-refractivity contribution in [3.8, 4) is 0 Å². The zero-order valence-corrected chi connectivity index (χ0v) is 10.8. The number of methoxy groups -OCH3 is 1. The molecule has 1 aliphatic carbocycles. The number of hydrogen-bond acceptors (Lipinski definition) is 3. The van der Waals surface area contributed by atoms with Crippen molar-refractivity contribution in [3.63, 3.8) is 0 Å². The van der Waals surface area contributed by atoms with Gasteiger partial charge in [0.2, 0.25) is 0 Å². The number of nitrogens with one attached hydrogen (secondary N) is 1. The van der Waals surface area contributed by atoms with Crippen molar-refractivity contribution >= 4 is 5.97 Å². The van der Waals surface area contributed by atoms with Gasteiger partial charge in [0.1, 0.15) is 0 Å². The summed E-state index contributed by atoms with van der Waals surface area (Å²) in [5.41, 5.74) is 0.00745. The van der Waals surface area contributed by atoms with Crippen molar-refractivity contribution in [2.24, 2.45) is 5.92 Å². The Morgan fingerprint density at radius 3 is 2.44 bits per heavy atom. The Bertz CT molecular complexity index is 220. The average Bonchev–Trinajstić information content (AvgIpc) is 2.30. The lowest BCUT2D eigenvalue weighted by Crippen LogP contribution is -2.49. The fraction of sp³-hybridized carbons (Fsp3) is 0.923. The van der Waals surface area contributed by atoms with Crippen LogP contribution in [-0.4, -0.2) is 25.2 Å². The molecule has 1 N–H and O–H groups in total. The smallest absolute Gasteiger partial charge is 0.307 e. The van der Waals surface area contributed by atoms with E-state index < -0.39 is 0 Å². The Morgan fingerprint density at radius 1 is 1.38 bits per heavy atom. The highest BCUT2D eigenvalue weighted by molar-refractivity contribution is 5.70. The third kappa shape index (κ3) is 3.48. The molecule has 0 aromatic carbocycles. The molecule has 16 heavy (non-hydrogen) atoms. The van der Waals surface area contributed by atoms with Crippen LogP contribution in [0, 0.1) is 5.92 Å². The van der Waals surface area contributed by atoms with E-state index in [0.717, 1.165) is 25.3 Å². The Balaban J connectivity index is 2.56. The molecule has 0 aliphatic heterocycles. The summed E-state index contributed by atoms with van der Waals surface area (Å²) < 4.78 is 4.80. The van der Waals surface area contributed by atoms with Crippen LogP contribution in [0.4, 0.5) is 0 Å². The van der Waals surface area contributed by atoms with Gasteiger partial charge in [-0.1, -0.05) is 20.3 Å². The average molecular weight is 227 g/mol. The molecule has 0 heterocycles. The molecule has 0 amide bonds. The zero-order chi connectivity index (χ0) is 12.0. The third-order valence-corrected chi connectivity index (χ3v) is 3.90. The second-order valence-electron chi connectivity index (χ2n) is 4.92. The number of ether oxygens (including phenoxy) is 1. The van der Waals surface area contributed by atoms with Crippen molar-refractivity contribution in [1.29, 1.82) is 0 Å². The van der Waals surface area contributed by atoms with Gasteiger partial charge in [0, 0.05) is 5.54 Å². The maximum Gasteiger partial charge on any atom is 0.307 e. The largest absolute Gasteiger partial charge is 0.469 e. The lowest BCUT2D eigenvalue weighted by atomic mass is 9.74. The van der Waals surface area contributed by atoms with Crippen LogP contribution < -0.4 is 5.32 Å². The first-order valence-electron chi connectivity index (χ1n) is 6.47. The highest BCUT2D eigenvalue weighted by atomic mass is 16.5. The van der Waals surface area contributed by atoms with Gasteiger partial charge in [0.05, 0.1) is 13.5 Å². The molecule has 94 valence electrons. The van der Waals surface area contributed by atoms with Crippen LogP contribution >= 0.6 is 0 Å². The van der Waals surface area contributed by atoms with E-state index in [1.807, 2.05) is 0 Å². The number of rotatable bonds is 5. The van der Waals surface area contributed by atoms with Crippen molar-refractivity contribution in [2.75, 3.05) is 13.7 Å². The molecular formula is C13H25NO2. The molecule has 0 aromatic heterocycles. The number of carbonyl (C=O) groups is 1. The van der Waals surface area contributed by atoms with Crippen LogP contribution in [0.5, 0.6) is 0 Å². The van der Waals surface area contributed by atoms with E-state index in [4.69, 9.17) is 4.74 Å². The molecule has 1 fully saturated rings. The molecule has 0 bridgehead atoms. The molecule has 1 rings (SSSR count). The summed E-state index contributed by atoms with van der Waals surface area (Å²) in [6.45, 7) is 5.28. The van der Waals surface area contributed by atoms with Crippen LogP contribution in [0.1, 0.15) is 52.4 Å². The Hall–Kier alpha value is -0.570. The second kappa shape index (κ2) is 6.24. The van der Waals surface area contributed by atoms with Gasteiger partial charge in [-0.3, -0.25) is 4.79 Å². The Labute approximate surface area is 98.9 Å². The maximum absolute atomic E-state index is 11.4. The zero-order valence-electron chi connectivity index (χ0n) is 10.8. The predicted octanol–water partition coefficient (Wildman–Crippen LogP) is 2.50. The molecule has 1 saturated carbocycles. The summed E-state index contributed by atoms with van der Waals surface area (Å²) in [6.07, 6.45) is 6.47. The van der Waals surface area contributed by atoms with E-state index >= 15 is 0 Å². The molecule has 1 aliphatic rings. The fourth-order valence-corrected chi connectivity index (χ4v) is 2.78. The molecule has 3 nitrogen and oxygen atoms in total. The van der Waals surface area contributed by atoms with Crippen LogP contribution in [0.15, 0.2) is 0 Å². The predicted molar refractivity (Wildman–Crippen MR) is 65.3 cm³/mol. The highest BCUT2D eigenvalue weighted by Gasteiger charge is 2.36. The number of esters is 1. The lowest BCUT2D eigenvalue weighted by Gasteiger charge is -2.40. The minimum absolute atomic E-state index is 0.00745. The summed E-state index contributed by atoms with van der Waals surface area (Å²) in [7, 11) is 1.47. The number of hydrogen-bond donors (Lipinski definition) is 1. The van der Waals surface area contributed by atoms with Crippen molar-refractivity contribution in [1.82, 2.24) is 5.32 Å². The topological polar surface area (TPSA) is 38.3 Å². The quantitative estimate of drug-likeness (QED) is 0.733. The highest BCUT2D eigenvalue weighted by Crippen LogP contribution is 2.35. The van der Waals surface area contributed by atoms with E-state index in [9.17, 15) is 4.79 Å². The van der Waals surface area contributed by atoms with Gasteiger partial charge in [-0.2, -0.15) is 0 Å². The monoisotopic (exact) mass is 227 g/mol. The Kier molecular flexibility index (Phi) is 5.26. The molecular weight excluding hydrogens is 202 g/mol. The minimum Gasteiger partial charge on any atom is -0.469 e. The van der Waals surface area contributed by atoms with Crippen molar-refractivity contribution in [3.05, 3.63) is 0 Å². The van der Waals surface area contributed by atoms with E-state index in [1.165, 1.54) is 26.4 Å². The van der Waals surface area contributed by atoms with Gasteiger partial charge in [-0.05, 0) is 38.1 Å². The van der Waals surface area contributed by atoms with Gasteiger partial charge in [-0.15, -0.1) is 0 Å². The standard InChI is InChI=1S/C13H25NO2/c1-4-11-6-8-13(9-7-11,14-5-2)10-12(15)16-3/h11,14H,4-10H2,1-3H3. The van der Waals surface area contributed by atoms with E-state index in [0.29, 0.717) is 6.42 Å². The minimum atomic E-state index is -0.0871. The van der Waals surface area contributed by atoms with Gasteiger partial charge in [0.15, 0.2) is 0 Å². The molecule has 0 atom stereocenters. The first kappa shape index (κ1) is 13.5. The van der Waals surface area contributed by atoms with Crippen molar-refractivity contribution in [2.45, 2.75) is 57.9 Å². The second-order valence-corrected chi connectivity index (χ2v) is 4.92. The lowest BCUT2D eigenvalue weighted by molar-refractivity contribution is -0.142. The summed E-state index contributed by atoms with van der Waals surface area (Å²) in [5, 5.41) is 3.51. The first-order chi connectivity index (χ1) is 7.65. The molecule has 0 saturated heterocycles. The van der Waals surface area contributed by atoms with E-state index in [1.54, 1.807) is 0 Å². The van der Waals surface area contributed by atoms with Gasteiger partial charge in [-0.25, -0.2) is 0 Å². The van der Waals surface area contributed by atoms with Gasteiger partial charge < -0.3 is 10.1 Å². The van der Waals surface area contributed by atoms with Gasteiger partial charge >= 0.3 is 5.97 Å². The van der Waals surface area contributed by atoms with Crippen LogP contribution in [-0.2, 0) is 9.53 Å². The summed E-state index contributed by atoms with van der Waals surface area (Å²) >= 11 is 0. The summed E-state index contributed by atoms with van der Waals surface area (Å²) in [5.74, 6) is 0.764. The van der Waals surface area contributed by atoms with Gasteiger partial charge in [0.25, 0.3) is 0 Å². The van der Waals surface area contributed by atoms with Crippen LogP contribution in [0.25, 0.3) is 0 Å². The summed E-state index contributed by atoms with van der Waals surface area (Å²) in [6, 6.07) is 0. The molecule has 3 heteroatoms. The Morgan fingerprint density at radius 2 is 2.00 bits per heavy atom. The first-order valence-corrected chi connectivity index (χ1v) is 6.47. The number of carbonyl (C=O) groups excluding carboxylic acids is 1. The third-order valence-electron chi connectivity index (χ3n) is 3.90. The molecule has 0 spiro atoms. The SMILES string of the molecule is CCNC1(CC(=O)OC)CCC(CC)CC1. The molecule has 0 unspecified atom stereocenters.